The van der Waals surface area contributed by atoms with E-state index < -0.39 is 16.6 Å². The third kappa shape index (κ3) is 3.94. The molecule has 0 aromatic carbocycles. The first-order chi connectivity index (χ1) is 13.7. The zero-order chi connectivity index (χ0) is 22.2. The zero-order valence-corrected chi connectivity index (χ0v) is 23.6. The van der Waals surface area contributed by atoms with E-state index in [0.29, 0.717) is 16.9 Å². The van der Waals surface area contributed by atoms with E-state index in [4.69, 9.17) is 8.85 Å². The molecular formula is C26H50O2Si2. The molecule has 8 atom stereocenters. The first-order valence-corrected chi connectivity index (χ1v) is 19.9. The lowest BCUT2D eigenvalue weighted by molar-refractivity contribution is -0.148. The van der Waals surface area contributed by atoms with Crippen molar-refractivity contribution in [2.75, 3.05) is 0 Å². The highest BCUT2D eigenvalue weighted by atomic mass is 28.4. The maximum Gasteiger partial charge on any atom is 0.184 e. The van der Waals surface area contributed by atoms with Crippen LogP contribution in [0.3, 0.4) is 0 Å². The van der Waals surface area contributed by atoms with Crippen LogP contribution in [0, 0.1) is 34.5 Å². The van der Waals surface area contributed by atoms with Crippen LogP contribution < -0.4 is 0 Å². The van der Waals surface area contributed by atoms with Crippen molar-refractivity contribution in [1.29, 1.82) is 0 Å². The van der Waals surface area contributed by atoms with Crippen LogP contribution in [0.25, 0.3) is 0 Å². The molecule has 4 heteroatoms. The van der Waals surface area contributed by atoms with Crippen LogP contribution in [0.15, 0.2) is 0 Å². The van der Waals surface area contributed by atoms with Crippen molar-refractivity contribution in [3.8, 4) is 0 Å². The van der Waals surface area contributed by atoms with Gasteiger partial charge in [0.2, 0.25) is 0 Å². The molecule has 0 amide bonds. The van der Waals surface area contributed by atoms with Gasteiger partial charge in [0.25, 0.3) is 0 Å². The summed E-state index contributed by atoms with van der Waals surface area (Å²) < 4.78 is 13.6. The van der Waals surface area contributed by atoms with E-state index in [1.807, 2.05) is 0 Å². The maximum absolute atomic E-state index is 6.96. The Labute approximate surface area is 189 Å². The van der Waals surface area contributed by atoms with Gasteiger partial charge in [0.15, 0.2) is 16.6 Å². The van der Waals surface area contributed by atoms with Crippen LogP contribution in [0.2, 0.25) is 39.3 Å². The SMILES string of the molecule is C[C@]12CC[C@H](O[Si](C)(C)C)C[C@@H]1CC[C@@H]1[C@@H]2CC[C@@]2(C)[C@H]1CC[C@]2(C)O[Si](C)(C)C. The van der Waals surface area contributed by atoms with Gasteiger partial charge in [-0.05, 0) is 138 Å². The summed E-state index contributed by atoms with van der Waals surface area (Å²) in [6.45, 7) is 22.0. The second-order valence-corrected chi connectivity index (χ2v) is 23.1. The lowest BCUT2D eigenvalue weighted by atomic mass is 9.44. The molecule has 0 heterocycles. The molecule has 0 N–H and O–H groups in total. The van der Waals surface area contributed by atoms with Gasteiger partial charge in [0.05, 0.1) is 5.60 Å². The van der Waals surface area contributed by atoms with E-state index in [0.717, 1.165) is 23.7 Å². The summed E-state index contributed by atoms with van der Waals surface area (Å²) in [5.41, 5.74) is 1.05. The zero-order valence-electron chi connectivity index (χ0n) is 21.6. The lowest BCUT2D eigenvalue weighted by Gasteiger charge is -2.62. The molecule has 4 rings (SSSR count). The average Bonchev–Trinajstić information content (AvgIpc) is 2.83. The number of rotatable bonds is 4. The molecule has 0 aliphatic heterocycles. The predicted molar refractivity (Wildman–Crippen MR) is 133 cm³/mol. The van der Waals surface area contributed by atoms with E-state index in [1.54, 1.807) is 0 Å². The summed E-state index contributed by atoms with van der Waals surface area (Å²) in [5, 5.41) is 0. The molecule has 2 nitrogen and oxygen atoms in total. The van der Waals surface area contributed by atoms with Gasteiger partial charge in [0.1, 0.15) is 0 Å². The summed E-state index contributed by atoms with van der Waals surface area (Å²) in [4.78, 5) is 0. The first kappa shape index (κ1) is 23.5. The summed E-state index contributed by atoms with van der Waals surface area (Å²) >= 11 is 0. The van der Waals surface area contributed by atoms with Gasteiger partial charge in [-0.3, -0.25) is 0 Å². The fourth-order valence-electron chi connectivity index (χ4n) is 8.89. The lowest BCUT2D eigenvalue weighted by Crippen LogP contribution is -2.58. The molecule has 0 unspecified atom stereocenters. The Morgan fingerprint density at radius 1 is 0.700 bits per heavy atom. The minimum Gasteiger partial charge on any atom is -0.415 e. The largest absolute Gasteiger partial charge is 0.415 e. The molecular weight excluding hydrogens is 400 g/mol. The second kappa shape index (κ2) is 7.43. The van der Waals surface area contributed by atoms with Gasteiger partial charge < -0.3 is 8.85 Å². The fraction of sp³-hybridized carbons (Fsp3) is 1.00. The van der Waals surface area contributed by atoms with E-state index >= 15 is 0 Å². The van der Waals surface area contributed by atoms with Gasteiger partial charge in [-0.25, -0.2) is 0 Å². The highest BCUT2D eigenvalue weighted by molar-refractivity contribution is 6.70. The molecule has 4 aliphatic carbocycles. The van der Waals surface area contributed by atoms with Crippen molar-refractivity contribution < 1.29 is 8.85 Å². The maximum atomic E-state index is 6.96. The Morgan fingerprint density at radius 3 is 2.00 bits per heavy atom. The molecule has 0 spiro atoms. The molecule has 0 aromatic rings. The van der Waals surface area contributed by atoms with Gasteiger partial charge in [-0.1, -0.05) is 13.8 Å². The smallest absolute Gasteiger partial charge is 0.184 e. The standard InChI is InChI=1S/C26H50O2Si2/c1-24-15-12-20(27-29(4,5)6)18-19(24)10-11-21-22(24)13-16-25(2)23(21)14-17-26(25,3)28-30(7,8)9/h19-23H,10-18H2,1-9H3/t19-,20-,21+,22-,23-,24-,25-,26-/m0/s1. The van der Waals surface area contributed by atoms with Crippen molar-refractivity contribution in [2.24, 2.45) is 34.5 Å². The summed E-state index contributed by atoms with van der Waals surface area (Å²) in [7, 11) is -2.98. The summed E-state index contributed by atoms with van der Waals surface area (Å²) in [5.74, 6) is 3.65. The molecule has 0 aromatic heterocycles. The van der Waals surface area contributed by atoms with Crippen LogP contribution in [0.4, 0.5) is 0 Å². The topological polar surface area (TPSA) is 18.5 Å². The number of hydrogen-bond donors (Lipinski definition) is 0. The van der Waals surface area contributed by atoms with Gasteiger partial charge in [0, 0.05) is 6.10 Å². The molecule has 0 bridgehead atoms. The van der Waals surface area contributed by atoms with Crippen molar-refractivity contribution in [3.05, 3.63) is 0 Å². The number of hydrogen-bond acceptors (Lipinski definition) is 2. The predicted octanol–water partition coefficient (Wildman–Crippen LogP) is 7.86. The molecule has 4 fully saturated rings. The van der Waals surface area contributed by atoms with Gasteiger partial charge in [-0.2, -0.15) is 0 Å². The van der Waals surface area contributed by atoms with Crippen molar-refractivity contribution in [1.82, 2.24) is 0 Å². The van der Waals surface area contributed by atoms with E-state index in [-0.39, 0.29) is 5.60 Å². The Kier molecular flexibility index (Phi) is 5.82. The summed E-state index contributed by atoms with van der Waals surface area (Å²) in [6.07, 6.45) is 13.0. The second-order valence-electron chi connectivity index (χ2n) is 14.2. The molecule has 30 heavy (non-hydrogen) atoms. The van der Waals surface area contributed by atoms with E-state index in [9.17, 15) is 0 Å². The molecule has 4 aliphatic rings. The third-order valence-corrected chi connectivity index (χ3v) is 12.3. The monoisotopic (exact) mass is 450 g/mol. The van der Waals surface area contributed by atoms with Crippen molar-refractivity contribution in [3.63, 3.8) is 0 Å². The molecule has 0 saturated heterocycles. The van der Waals surface area contributed by atoms with Crippen molar-refractivity contribution >= 4 is 16.6 Å². The van der Waals surface area contributed by atoms with Crippen molar-refractivity contribution in [2.45, 2.75) is 130 Å². The van der Waals surface area contributed by atoms with Gasteiger partial charge in [-0.15, -0.1) is 0 Å². The molecule has 4 saturated carbocycles. The Bertz CT molecular complexity index is 652. The highest BCUT2D eigenvalue weighted by Crippen LogP contribution is 2.69. The first-order valence-electron chi connectivity index (χ1n) is 13.0. The minimum atomic E-state index is -1.54. The Balaban J connectivity index is 1.52. The van der Waals surface area contributed by atoms with Crippen LogP contribution in [0.1, 0.15) is 78.6 Å². The Hall–Kier alpha value is 0.354. The minimum absolute atomic E-state index is 0.105. The van der Waals surface area contributed by atoms with Gasteiger partial charge >= 0.3 is 0 Å². The van der Waals surface area contributed by atoms with Crippen LogP contribution in [-0.4, -0.2) is 28.3 Å². The van der Waals surface area contributed by atoms with E-state index in [2.05, 4.69) is 60.1 Å². The van der Waals surface area contributed by atoms with Crippen LogP contribution in [-0.2, 0) is 8.85 Å². The highest BCUT2D eigenvalue weighted by Gasteiger charge is 2.64. The van der Waals surface area contributed by atoms with Crippen LogP contribution >= 0.6 is 0 Å². The molecule has 0 radical (unpaired) electrons. The summed E-state index contributed by atoms with van der Waals surface area (Å²) in [6, 6.07) is 0. The normalized spacial score (nSPS) is 49.3. The third-order valence-electron chi connectivity index (χ3n) is 10.2. The van der Waals surface area contributed by atoms with E-state index in [1.165, 1.54) is 57.8 Å². The van der Waals surface area contributed by atoms with Crippen LogP contribution in [0.5, 0.6) is 0 Å². The fourth-order valence-corrected chi connectivity index (χ4v) is 11.8. The quantitative estimate of drug-likeness (QED) is 0.406. The Morgan fingerprint density at radius 2 is 1.37 bits per heavy atom. The number of fused-ring (bicyclic) bond motifs is 5. The average molecular weight is 451 g/mol. The molecule has 174 valence electrons.